The summed E-state index contributed by atoms with van der Waals surface area (Å²) in [6.45, 7) is 3.91. The van der Waals surface area contributed by atoms with Crippen LogP contribution in [-0.4, -0.2) is 35.0 Å². The molecular weight excluding hydrogens is 348 g/mol. The maximum absolute atomic E-state index is 12.5. The fraction of sp³-hybridized carbons (Fsp3) is 0.263. The Kier molecular flexibility index (Phi) is 5.49. The molecule has 0 aliphatic rings. The molecule has 1 N–H and O–H groups in total. The van der Waals surface area contributed by atoms with Crippen molar-refractivity contribution in [3.8, 4) is 5.69 Å². The van der Waals surface area contributed by atoms with Crippen LogP contribution in [0.1, 0.15) is 25.5 Å². The van der Waals surface area contributed by atoms with Crippen molar-refractivity contribution < 1.29 is 8.42 Å². The summed E-state index contributed by atoms with van der Waals surface area (Å²) in [5.74, 6) is 0.0458. The zero-order chi connectivity index (χ0) is 18.6. The van der Waals surface area contributed by atoms with E-state index >= 15 is 0 Å². The van der Waals surface area contributed by atoms with E-state index in [4.69, 9.17) is 0 Å². The number of sulfone groups is 1. The number of aromatic nitrogens is 3. The molecule has 1 aromatic heterocycles. The first-order valence-electron chi connectivity index (χ1n) is 8.44. The second-order valence-electron chi connectivity index (χ2n) is 6.32. The van der Waals surface area contributed by atoms with Gasteiger partial charge in [0.2, 0.25) is 0 Å². The van der Waals surface area contributed by atoms with E-state index in [-0.39, 0.29) is 17.8 Å². The Hall–Kier alpha value is -2.51. The maximum atomic E-state index is 12.5. The molecule has 0 fully saturated rings. The molecule has 0 radical (unpaired) electrons. The average molecular weight is 370 g/mol. The average Bonchev–Trinajstić information content (AvgIpc) is 3.17. The summed E-state index contributed by atoms with van der Waals surface area (Å²) in [5, 5.41) is 7.51. The van der Waals surface area contributed by atoms with Gasteiger partial charge in [0.1, 0.15) is 12.7 Å². The van der Waals surface area contributed by atoms with Crippen molar-refractivity contribution in [3.63, 3.8) is 0 Å². The normalized spacial score (nSPS) is 14.1. The van der Waals surface area contributed by atoms with Gasteiger partial charge in [-0.2, -0.15) is 5.10 Å². The van der Waals surface area contributed by atoms with Crippen molar-refractivity contribution in [1.29, 1.82) is 0 Å². The molecule has 7 heteroatoms. The van der Waals surface area contributed by atoms with Gasteiger partial charge >= 0.3 is 0 Å². The molecule has 2 atom stereocenters. The number of hydrogen-bond donors (Lipinski definition) is 1. The molecule has 0 aliphatic carbocycles. The molecule has 0 aliphatic heterocycles. The van der Waals surface area contributed by atoms with Crippen LogP contribution in [-0.2, 0) is 9.84 Å². The van der Waals surface area contributed by atoms with Crippen molar-refractivity contribution in [1.82, 2.24) is 20.1 Å². The van der Waals surface area contributed by atoms with Crippen molar-refractivity contribution in [2.75, 3.05) is 5.75 Å². The summed E-state index contributed by atoms with van der Waals surface area (Å²) in [5.41, 5.74) is 1.97. The standard InChI is InChI=1S/C19H22N4O2S/c1-15(12-26(24,25)19-9-4-3-5-10-19)22-16(2)17-7-6-8-18(11-17)23-14-20-13-21-23/h3-11,13-16,22H,12H2,1-2H3. The smallest absolute Gasteiger partial charge is 0.179 e. The van der Waals surface area contributed by atoms with Gasteiger partial charge in [0.05, 0.1) is 16.3 Å². The first-order valence-corrected chi connectivity index (χ1v) is 10.1. The van der Waals surface area contributed by atoms with Crippen LogP contribution >= 0.6 is 0 Å². The summed E-state index contributed by atoms with van der Waals surface area (Å²) < 4.78 is 26.7. The SMILES string of the molecule is CC(CS(=O)(=O)c1ccccc1)NC(C)c1cccc(-n2cncn2)c1. The van der Waals surface area contributed by atoms with Gasteiger partial charge in [-0.05, 0) is 43.7 Å². The molecule has 1 heterocycles. The Morgan fingerprint density at radius 2 is 1.85 bits per heavy atom. The minimum atomic E-state index is -3.32. The molecule has 0 saturated carbocycles. The summed E-state index contributed by atoms with van der Waals surface area (Å²) >= 11 is 0. The molecule has 0 bridgehead atoms. The minimum absolute atomic E-state index is 0.000514. The third-order valence-electron chi connectivity index (χ3n) is 4.16. The van der Waals surface area contributed by atoms with E-state index in [1.807, 2.05) is 44.2 Å². The van der Waals surface area contributed by atoms with Crippen LogP contribution in [0.3, 0.4) is 0 Å². The number of nitrogens with one attached hydrogen (secondary N) is 1. The first kappa shape index (κ1) is 18.3. The number of hydrogen-bond acceptors (Lipinski definition) is 5. The molecule has 3 aromatic rings. The Balaban J connectivity index is 1.68. The fourth-order valence-corrected chi connectivity index (χ4v) is 4.42. The van der Waals surface area contributed by atoms with Gasteiger partial charge in [-0.25, -0.2) is 18.1 Å². The molecule has 2 unspecified atom stereocenters. The topological polar surface area (TPSA) is 76.9 Å². The largest absolute Gasteiger partial charge is 0.307 e. The second-order valence-corrected chi connectivity index (χ2v) is 8.35. The van der Waals surface area contributed by atoms with E-state index < -0.39 is 9.84 Å². The van der Waals surface area contributed by atoms with Crippen molar-refractivity contribution in [2.24, 2.45) is 0 Å². The predicted octanol–water partition coefficient (Wildman–Crippen LogP) is 2.78. The van der Waals surface area contributed by atoms with Crippen LogP contribution in [0.5, 0.6) is 0 Å². The van der Waals surface area contributed by atoms with Crippen LogP contribution in [0.15, 0.2) is 72.1 Å². The second kappa shape index (κ2) is 7.80. The highest BCUT2D eigenvalue weighted by atomic mass is 32.2. The molecule has 2 aromatic carbocycles. The molecule has 0 amide bonds. The van der Waals surface area contributed by atoms with Gasteiger partial charge in [-0.1, -0.05) is 30.3 Å². The molecule has 26 heavy (non-hydrogen) atoms. The molecular formula is C19H22N4O2S. The van der Waals surface area contributed by atoms with Crippen LogP contribution < -0.4 is 5.32 Å². The summed E-state index contributed by atoms with van der Waals surface area (Å²) in [4.78, 5) is 4.32. The molecule has 136 valence electrons. The lowest BCUT2D eigenvalue weighted by Crippen LogP contribution is -2.35. The van der Waals surface area contributed by atoms with Gasteiger partial charge < -0.3 is 5.32 Å². The highest BCUT2D eigenvalue weighted by molar-refractivity contribution is 7.91. The summed E-state index contributed by atoms with van der Waals surface area (Å²) in [6, 6.07) is 16.3. The monoisotopic (exact) mass is 370 g/mol. The van der Waals surface area contributed by atoms with Crippen LogP contribution in [0, 0.1) is 0 Å². The fourth-order valence-electron chi connectivity index (χ4n) is 2.90. The Morgan fingerprint density at radius 3 is 2.54 bits per heavy atom. The maximum Gasteiger partial charge on any atom is 0.179 e. The Labute approximate surface area is 153 Å². The van der Waals surface area contributed by atoms with Gasteiger partial charge in [0.15, 0.2) is 9.84 Å². The van der Waals surface area contributed by atoms with Gasteiger partial charge in [0, 0.05) is 12.1 Å². The lowest BCUT2D eigenvalue weighted by molar-refractivity contribution is 0.499. The van der Waals surface area contributed by atoms with E-state index in [1.54, 1.807) is 35.3 Å². The van der Waals surface area contributed by atoms with E-state index in [2.05, 4.69) is 15.4 Å². The molecule has 6 nitrogen and oxygen atoms in total. The number of benzene rings is 2. The molecule has 0 spiro atoms. The zero-order valence-electron chi connectivity index (χ0n) is 14.8. The van der Waals surface area contributed by atoms with Gasteiger partial charge in [-0.3, -0.25) is 0 Å². The third-order valence-corrected chi connectivity index (χ3v) is 6.09. The molecule has 0 saturated heterocycles. The van der Waals surface area contributed by atoms with E-state index in [0.29, 0.717) is 4.90 Å². The van der Waals surface area contributed by atoms with Crippen molar-refractivity contribution in [3.05, 3.63) is 72.8 Å². The van der Waals surface area contributed by atoms with Crippen LogP contribution in [0.2, 0.25) is 0 Å². The Morgan fingerprint density at radius 1 is 1.08 bits per heavy atom. The van der Waals surface area contributed by atoms with Crippen LogP contribution in [0.4, 0.5) is 0 Å². The third kappa shape index (κ3) is 4.36. The lowest BCUT2D eigenvalue weighted by atomic mass is 10.1. The summed E-state index contributed by atoms with van der Waals surface area (Å²) in [7, 11) is -3.32. The number of nitrogens with zero attached hydrogens (tertiary/aromatic N) is 3. The Bertz CT molecular complexity index is 941. The zero-order valence-corrected chi connectivity index (χ0v) is 15.6. The van der Waals surface area contributed by atoms with E-state index in [0.717, 1.165) is 11.3 Å². The van der Waals surface area contributed by atoms with E-state index in [9.17, 15) is 8.42 Å². The quantitative estimate of drug-likeness (QED) is 0.692. The van der Waals surface area contributed by atoms with E-state index in [1.165, 1.54) is 6.33 Å². The highest BCUT2D eigenvalue weighted by Gasteiger charge is 2.20. The number of rotatable bonds is 7. The van der Waals surface area contributed by atoms with Crippen molar-refractivity contribution in [2.45, 2.75) is 30.8 Å². The molecule has 3 rings (SSSR count). The van der Waals surface area contributed by atoms with Gasteiger partial charge in [0.25, 0.3) is 0 Å². The summed E-state index contributed by atoms with van der Waals surface area (Å²) in [6.07, 6.45) is 3.14. The highest BCUT2D eigenvalue weighted by Crippen LogP contribution is 2.18. The minimum Gasteiger partial charge on any atom is -0.307 e. The van der Waals surface area contributed by atoms with Crippen molar-refractivity contribution >= 4 is 9.84 Å². The first-order chi connectivity index (χ1) is 12.5. The predicted molar refractivity (Wildman–Crippen MR) is 101 cm³/mol. The lowest BCUT2D eigenvalue weighted by Gasteiger charge is -2.21. The van der Waals surface area contributed by atoms with Crippen LogP contribution in [0.25, 0.3) is 5.69 Å². The van der Waals surface area contributed by atoms with Gasteiger partial charge in [-0.15, -0.1) is 0 Å².